The maximum absolute atomic E-state index is 4.16. The molecule has 0 aliphatic heterocycles. The van der Waals surface area contributed by atoms with Crippen molar-refractivity contribution in [2.75, 3.05) is 5.32 Å². The maximum Gasteiger partial charge on any atom is 0.116 e. The van der Waals surface area contributed by atoms with Gasteiger partial charge in [0.15, 0.2) is 0 Å². The minimum atomic E-state index is 0.647. The van der Waals surface area contributed by atoms with Gasteiger partial charge in [-0.2, -0.15) is 5.10 Å². The Balaban J connectivity index is 1.94. The summed E-state index contributed by atoms with van der Waals surface area (Å²) in [4.78, 5) is 1.07. The van der Waals surface area contributed by atoms with Gasteiger partial charge < -0.3 is 5.32 Å². The van der Waals surface area contributed by atoms with Crippen molar-refractivity contribution in [2.24, 2.45) is 5.10 Å². The number of para-hydroxylation sites is 1. The molecule has 0 aliphatic carbocycles. The highest BCUT2D eigenvalue weighted by molar-refractivity contribution is 9.11. The molecule has 2 aromatic rings. The Morgan fingerprint density at radius 3 is 2.55 bits per heavy atom. The zero-order chi connectivity index (χ0) is 14.5. The summed E-state index contributed by atoms with van der Waals surface area (Å²) in [7, 11) is 0. The van der Waals surface area contributed by atoms with Crippen LogP contribution in [0.4, 0.5) is 5.69 Å². The molecule has 3 nitrogen and oxygen atoms in total. The second-order valence-electron chi connectivity index (χ2n) is 4.38. The van der Waals surface area contributed by atoms with Crippen molar-refractivity contribution < 1.29 is 0 Å². The number of hydrogen-bond donors (Lipinski definition) is 2. The first-order valence-corrected chi connectivity index (χ1v) is 7.74. The van der Waals surface area contributed by atoms with Gasteiger partial charge >= 0.3 is 0 Å². The van der Waals surface area contributed by atoms with Crippen LogP contribution in [0.25, 0.3) is 0 Å². The molecule has 20 heavy (non-hydrogen) atoms. The molecule has 0 aliphatic rings. The minimum Gasteiger partial charge on any atom is -0.341 e. The van der Waals surface area contributed by atoms with Crippen LogP contribution >= 0.6 is 27.3 Å². The average molecular weight is 350 g/mol. The molecule has 0 atom stereocenters. The topological polar surface area (TPSA) is 36.4 Å². The Morgan fingerprint density at radius 2 is 1.95 bits per heavy atom. The number of thiophene rings is 1. The Labute approximate surface area is 131 Å². The van der Waals surface area contributed by atoms with Gasteiger partial charge in [0.05, 0.1) is 10.0 Å². The van der Waals surface area contributed by atoms with E-state index in [2.05, 4.69) is 64.3 Å². The summed E-state index contributed by atoms with van der Waals surface area (Å²) in [5.41, 5.74) is 6.33. The van der Waals surface area contributed by atoms with Gasteiger partial charge in [-0.3, -0.25) is 5.43 Å². The molecule has 5 heteroatoms. The van der Waals surface area contributed by atoms with Gasteiger partial charge in [-0.15, -0.1) is 11.3 Å². The SMILES string of the molecule is C=C(N/N=C/c1ccc(Br)s1)Nc1c(C)cccc1C. The zero-order valence-corrected chi connectivity index (χ0v) is 13.8. The van der Waals surface area contributed by atoms with E-state index in [0.717, 1.165) is 14.4 Å². The molecule has 2 N–H and O–H groups in total. The lowest BCUT2D eigenvalue weighted by Crippen LogP contribution is -2.14. The molecule has 0 fully saturated rings. The van der Waals surface area contributed by atoms with E-state index in [1.54, 1.807) is 17.6 Å². The average Bonchev–Trinajstić information content (AvgIpc) is 2.80. The van der Waals surface area contributed by atoms with Gasteiger partial charge in [-0.25, -0.2) is 0 Å². The fourth-order valence-corrected chi connectivity index (χ4v) is 3.06. The highest BCUT2D eigenvalue weighted by Crippen LogP contribution is 2.21. The monoisotopic (exact) mass is 349 g/mol. The van der Waals surface area contributed by atoms with Gasteiger partial charge in [0, 0.05) is 10.6 Å². The molecule has 1 heterocycles. The predicted octanol–water partition coefficient (Wildman–Crippen LogP) is 4.63. The highest BCUT2D eigenvalue weighted by atomic mass is 79.9. The summed E-state index contributed by atoms with van der Waals surface area (Å²) in [5.74, 6) is 0.647. The van der Waals surface area contributed by atoms with Gasteiger partial charge in [0.25, 0.3) is 0 Å². The Morgan fingerprint density at radius 1 is 1.25 bits per heavy atom. The molecule has 0 saturated heterocycles. The highest BCUT2D eigenvalue weighted by Gasteiger charge is 2.02. The smallest absolute Gasteiger partial charge is 0.116 e. The Bertz CT molecular complexity index is 626. The molecule has 2 rings (SSSR count). The van der Waals surface area contributed by atoms with E-state index >= 15 is 0 Å². The quantitative estimate of drug-likeness (QED) is 0.609. The normalized spacial score (nSPS) is 10.8. The summed E-state index contributed by atoms with van der Waals surface area (Å²) in [5, 5.41) is 7.41. The van der Waals surface area contributed by atoms with E-state index < -0.39 is 0 Å². The van der Waals surface area contributed by atoms with Crippen LogP contribution in [0.3, 0.4) is 0 Å². The van der Waals surface area contributed by atoms with Crippen molar-refractivity contribution in [1.82, 2.24) is 5.43 Å². The van der Waals surface area contributed by atoms with Crippen LogP contribution in [0, 0.1) is 13.8 Å². The summed E-state index contributed by atoms with van der Waals surface area (Å²) in [6, 6.07) is 10.2. The van der Waals surface area contributed by atoms with Crippen LogP contribution in [0.2, 0.25) is 0 Å². The number of hydrogen-bond acceptors (Lipinski definition) is 4. The molecule has 0 radical (unpaired) electrons. The largest absolute Gasteiger partial charge is 0.341 e. The van der Waals surface area contributed by atoms with Crippen molar-refractivity contribution in [2.45, 2.75) is 13.8 Å². The first-order valence-electron chi connectivity index (χ1n) is 6.13. The number of nitrogens with zero attached hydrogens (tertiary/aromatic N) is 1. The second kappa shape index (κ2) is 6.72. The van der Waals surface area contributed by atoms with Crippen LogP contribution in [0.1, 0.15) is 16.0 Å². The van der Waals surface area contributed by atoms with Crippen LogP contribution in [0.15, 0.2) is 51.6 Å². The number of nitrogens with one attached hydrogen (secondary N) is 2. The van der Waals surface area contributed by atoms with Crippen LogP contribution in [0.5, 0.6) is 0 Å². The molecule has 0 unspecified atom stereocenters. The minimum absolute atomic E-state index is 0.647. The summed E-state index contributed by atoms with van der Waals surface area (Å²) >= 11 is 5.05. The molecule has 104 valence electrons. The first-order chi connectivity index (χ1) is 9.56. The van der Waals surface area contributed by atoms with Gasteiger partial charge in [0.1, 0.15) is 5.82 Å². The van der Waals surface area contributed by atoms with E-state index in [0.29, 0.717) is 5.82 Å². The van der Waals surface area contributed by atoms with E-state index in [1.807, 2.05) is 18.2 Å². The van der Waals surface area contributed by atoms with Crippen molar-refractivity contribution in [3.63, 3.8) is 0 Å². The Kier molecular flexibility index (Phi) is 4.98. The number of aryl methyl sites for hydroxylation is 2. The lowest BCUT2D eigenvalue weighted by atomic mass is 10.1. The van der Waals surface area contributed by atoms with Gasteiger partial charge in [-0.05, 0) is 53.0 Å². The number of halogens is 1. The molecule has 0 spiro atoms. The zero-order valence-electron chi connectivity index (χ0n) is 11.4. The molecular weight excluding hydrogens is 334 g/mol. The molecular formula is C15H16BrN3S. The van der Waals surface area contributed by atoms with E-state index in [4.69, 9.17) is 0 Å². The van der Waals surface area contributed by atoms with E-state index in [1.165, 1.54) is 11.1 Å². The predicted molar refractivity (Wildman–Crippen MR) is 91.4 cm³/mol. The first kappa shape index (κ1) is 14.8. The second-order valence-corrected chi connectivity index (χ2v) is 6.88. The lowest BCUT2D eigenvalue weighted by molar-refractivity contribution is 0.904. The van der Waals surface area contributed by atoms with Gasteiger partial charge in [0.2, 0.25) is 0 Å². The molecule has 0 saturated carbocycles. The lowest BCUT2D eigenvalue weighted by Gasteiger charge is -2.13. The van der Waals surface area contributed by atoms with Crippen molar-refractivity contribution in [3.8, 4) is 0 Å². The third kappa shape index (κ3) is 3.95. The third-order valence-corrected chi connectivity index (χ3v) is 4.30. The van der Waals surface area contributed by atoms with Crippen molar-refractivity contribution >= 4 is 39.2 Å². The van der Waals surface area contributed by atoms with E-state index in [-0.39, 0.29) is 0 Å². The van der Waals surface area contributed by atoms with E-state index in [9.17, 15) is 0 Å². The molecule has 0 amide bonds. The third-order valence-electron chi connectivity index (χ3n) is 2.74. The molecule has 0 bridgehead atoms. The molecule has 1 aromatic heterocycles. The standard InChI is InChI=1S/C15H16BrN3S/c1-10-5-4-6-11(2)15(10)18-12(3)19-17-9-13-7-8-14(16)20-13/h4-9,18-19H,3H2,1-2H3/b17-9+. The summed E-state index contributed by atoms with van der Waals surface area (Å²) in [6.07, 6.45) is 1.77. The number of anilines is 1. The van der Waals surface area contributed by atoms with Crippen molar-refractivity contribution in [1.29, 1.82) is 0 Å². The molecule has 1 aromatic carbocycles. The maximum atomic E-state index is 4.16. The fraction of sp³-hybridized carbons (Fsp3) is 0.133. The number of rotatable bonds is 5. The number of hydrazone groups is 1. The van der Waals surface area contributed by atoms with Gasteiger partial charge in [-0.1, -0.05) is 24.8 Å². The Hall–Kier alpha value is -1.59. The summed E-state index contributed by atoms with van der Waals surface area (Å²) < 4.78 is 1.09. The van der Waals surface area contributed by atoms with Crippen LogP contribution in [-0.2, 0) is 0 Å². The number of benzene rings is 1. The summed E-state index contributed by atoms with van der Waals surface area (Å²) in [6.45, 7) is 8.06. The van der Waals surface area contributed by atoms with Crippen LogP contribution < -0.4 is 10.7 Å². The van der Waals surface area contributed by atoms with Crippen molar-refractivity contribution in [3.05, 3.63) is 62.5 Å². The van der Waals surface area contributed by atoms with Crippen LogP contribution in [-0.4, -0.2) is 6.21 Å². The fourth-order valence-electron chi connectivity index (χ4n) is 1.76.